The van der Waals surface area contributed by atoms with Gasteiger partial charge in [0.05, 0.1) is 13.2 Å². The summed E-state index contributed by atoms with van der Waals surface area (Å²) >= 11 is 0. The summed E-state index contributed by atoms with van der Waals surface area (Å²) in [5.41, 5.74) is 0. The summed E-state index contributed by atoms with van der Waals surface area (Å²) in [4.78, 5) is 23.0. The number of unbranched alkanes of at least 4 members (excludes halogenated alkanes) is 21. The Hall–Kier alpha value is -0.920. The third-order valence-corrected chi connectivity index (χ3v) is 10.9. The predicted molar refractivity (Wildman–Crippen MR) is 207 cm³/mol. The number of aliphatic hydroxyl groups excluding tert-OH is 5. The molecule has 0 aliphatic heterocycles. The van der Waals surface area contributed by atoms with Crippen LogP contribution in [0.25, 0.3) is 0 Å². The van der Waals surface area contributed by atoms with Crippen LogP contribution in [0.5, 0.6) is 0 Å². The molecule has 0 aromatic rings. The normalized spacial score (nSPS) is 23.7. The van der Waals surface area contributed by atoms with Crippen molar-refractivity contribution in [3.8, 4) is 0 Å². The zero-order valence-electron chi connectivity index (χ0n) is 33.1. The molecule has 1 saturated carbocycles. The topological polar surface area (TPSA) is 192 Å². The van der Waals surface area contributed by atoms with E-state index in [1.165, 1.54) is 89.9 Å². The van der Waals surface area contributed by atoms with Crippen molar-refractivity contribution in [3.05, 3.63) is 12.2 Å². The van der Waals surface area contributed by atoms with Crippen molar-refractivity contribution in [3.63, 3.8) is 0 Å². The van der Waals surface area contributed by atoms with Crippen LogP contribution in [-0.4, -0.2) is 98.9 Å². The minimum absolute atomic E-state index is 0.0750. The smallest absolute Gasteiger partial charge is 0.457 e. The highest BCUT2D eigenvalue weighted by Gasteiger charge is 2.51. The molecule has 0 saturated heterocycles. The van der Waals surface area contributed by atoms with Crippen LogP contribution in [-0.2, 0) is 27.9 Å². The predicted octanol–water partition coefficient (Wildman–Crippen LogP) is 7.58. The highest BCUT2D eigenvalue weighted by Crippen LogP contribution is 2.47. The molecule has 0 radical (unpaired) electrons. The fourth-order valence-corrected chi connectivity index (χ4v) is 7.44. The molecule has 6 atom stereocenters. The third kappa shape index (κ3) is 25.1. The third-order valence-electron chi connectivity index (χ3n) is 9.89. The van der Waals surface area contributed by atoms with Gasteiger partial charge in [-0.25, -0.2) is 4.57 Å². The number of ether oxygens (including phenoxy) is 2. The molecule has 53 heavy (non-hydrogen) atoms. The van der Waals surface area contributed by atoms with E-state index in [4.69, 9.17) is 18.5 Å². The number of aliphatic hydroxyl groups is 5. The van der Waals surface area contributed by atoms with Gasteiger partial charge in [0.25, 0.3) is 0 Å². The summed E-state index contributed by atoms with van der Waals surface area (Å²) in [6.07, 6.45) is 20.0. The maximum Gasteiger partial charge on any atom is 0.472 e. The number of phosphoric ester groups is 1. The molecule has 1 aliphatic carbocycles. The molecule has 13 heteroatoms. The molecular formula is C40H77O12P. The van der Waals surface area contributed by atoms with E-state index in [-0.39, 0.29) is 13.0 Å². The molecule has 1 rings (SSSR count). The van der Waals surface area contributed by atoms with Gasteiger partial charge in [-0.3, -0.25) is 13.8 Å². The molecule has 12 nitrogen and oxygen atoms in total. The quantitative estimate of drug-likeness (QED) is 0.0160. The van der Waals surface area contributed by atoms with Crippen LogP contribution in [0, 0.1) is 0 Å². The summed E-state index contributed by atoms with van der Waals surface area (Å²) in [6.45, 7) is 4.23. The Morgan fingerprint density at radius 3 is 1.51 bits per heavy atom. The standard InChI is InChI=1S/C40H77O12P/c1-3-5-7-9-11-13-15-17-19-21-23-25-27-29-34(41)51-33(31-49-30-28-26-24-22-20-18-16-14-12-10-8-6-4-2)32-50-53(47,48)52-40-38(45)36(43)35(42)37(44)39(40)46/h13,15,33,35-40,42-46H,3-12,14,16-32H2,1-2H3,(H,47,48)/b15-13-. The zero-order valence-corrected chi connectivity index (χ0v) is 34.0. The van der Waals surface area contributed by atoms with Crippen molar-refractivity contribution in [1.29, 1.82) is 0 Å². The van der Waals surface area contributed by atoms with Crippen LogP contribution in [0.15, 0.2) is 12.2 Å². The minimum Gasteiger partial charge on any atom is -0.457 e. The van der Waals surface area contributed by atoms with Crippen LogP contribution in [0.2, 0.25) is 0 Å². The minimum atomic E-state index is -5.01. The Bertz CT molecular complexity index is 937. The zero-order chi connectivity index (χ0) is 39.2. The lowest BCUT2D eigenvalue weighted by atomic mass is 9.85. The molecule has 0 aromatic heterocycles. The Morgan fingerprint density at radius 1 is 0.585 bits per heavy atom. The van der Waals surface area contributed by atoms with Crippen LogP contribution in [0.1, 0.15) is 174 Å². The summed E-state index contributed by atoms with van der Waals surface area (Å²) in [5.74, 6) is -0.485. The Morgan fingerprint density at radius 2 is 1.00 bits per heavy atom. The van der Waals surface area contributed by atoms with E-state index in [1.54, 1.807) is 0 Å². The van der Waals surface area contributed by atoms with Crippen molar-refractivity contribution in [1.82, 2.24) is 0 Å². The first-order chi connectivity index (χ1) is 25.5. The second kappa shape index (κ2) is 32.2. The van der Waals surface area contributed by atoms with Gasteiger partial charge in [-0.1, -0.05) is 142 Å². The largest absolute Gasteiger partial charge is 0.472 e. The second-order valence-corrected chi connectivity index (χ2v) is 16.3. The Balaban J connectivity index is 2.45. The van der Waals surface area contributed by atoms with E-state index in [0.29, 0.717) is 13.0 Å². The van der Waals surface area contributed by atoms with Crippen molar-refractivity contribution in [2.24, 2.45) is 0 Å². The van der Waals surface area contributed by atoms with Crippen LogP contribution in [0.4, 0.5) is 0 Å². The molecule has 0 bridgehead atoms. The molecule has 1 fully saturated rings. The molecule has 6 unspecified atom stereocenters. The van der Waals surface area contributed by atoms with Gasteiger partial charge in [0.2, 0.25) is 0 Å². The van der Waals surface area contributed by atoms with Gasteiger partial charge in [-0.15, -0.1) is 0 Å². The van der Waals surface area contributed by atoms with E-state index in [1.807, 2.05) is 0 Å². The van der Waals surface area contributed by atoms with Gasteiger partial charge >= 0.3 is 13.8 Å². The van der Waals surface area contributed by atoms with Crippen molar-refractivity contribution < 1.29 is 58.3 Å². The number of hydrogen-bond donors (Lipinski definition) is 6. The van der Waals surface area contributed by atoms with E-state index in [0.717, 1.165) is 57.8 Å². The molecule has 0 amide bonds. The number of carbonyl (C=O) groups excluding carboxylic acids is 1. The number of rotatable bonds is 35. The SMILES string of the molecule is CCCCCC/C=C\CCCCCCCC(=O)OC(COCCCCCCCCCCCCCCC)COP(=O)(O)OC1C(O)C(O)C(O)C(O)C1O. The van der Waals surface area contributed by atoms with E-state index in [2.05, 4.69) is 26.0 Å². The highest BCUT2D eigenvalue weighted by molar-refractivity contribution is 7.47. The van der Waals surface area contributed by atoms with Crippen LogP contribution < -0.4 is 0 Å². The summed E-state index contributed by atoms with van der Waals surface area (Å²) < 4.78 is 34.0. The van der Waals surface area contributed by atoms with Crippen molar-refractivity contribution in [2.45, 2.75) is 217 Å². The monoisotopic (exact) mass is 781 g/mol. The van der Waals surface area contributed by atoms with Gasteiger partial charge in [0.15, 0.2) is 0 Å². The molecule has 6 N–H and O–H groups in total. The highest BCUT2D eigenvalue weighted by atomic mass is 31.2. The maximum atomic E-state index is 12.8. The van der Waals surface area contributed by atoms with Crippen LogP contribution in [0.3, 0.4) is 0 Å². The lowest BCUT2D eigenvalue weighted by Gasteiger charge is -2.41. The summed E-state index contributed by atoms with van der Waals surface area (Å²) in [5, 5.41) is 50.0. The Labute approximate surface area is 320 Å². The average Bonchev–Trinajstić information content (AvgIpc) is 3.14. The maximum absolute atomic E-state index is 12.8. The number of esters is 1. The Kier molecular flexibility index (Phi) is 30.4. The second-order valence-electron chi connectivity index (χ2n) is 14.8. The molecule has 1 aliphatic rings. The fraction of sp³-hybridized carbons (Fsp3) is 0.925. The van der Waals surface area contributed by atoms with Gasteiger partial charge in [-0.2, -0.15) is 0 Å². The van der Waals surface area contributed by atoms with Crippen molar-refractivity contribution in [2.75, 3.05) is 19.8 Å². The van der Waals surface area contributed by atoms with E-state index >= 15 is 0 Å². The fourth-order valence-electron chi connectivity index (χ4n) is 6.47. The number of hydrogen-bond acceptors (Lipinski definition) is 11. The van der Waals surface area contributed by atoms with Gasteiger partial charge < -0.3 is 39.9 Å². The van der Waals surface area contributed by atoms with Gasteiger partial charge in [0, 0.05) is 13.0 Å². The van der Waals surface area contributed by atoms with E-state index in [9.17, 15) is 39.8 Å². The molecule has 314 valence electrons. The number of phosphoric acid groups is 1. The first kappa shape index (κ1) is 50.1. The number of carbonyl (C=O) groups is 1. The van der Waals surface area contributed by atoms with E-state index < -0.39 is 63.1 Å². The average molecular weight is 781 g/mol. The summed E-state index contributed by atoms with van der Waals surface area (Å²) in [6, 6.07) is 0. The van der Waals surface area contributed by atoms with Crippen molar-refractivity contribution >= 4 is 13.8 Å². The first-order valence-corrected chi connectivity index (χ1v) is 22.5. The molecule has 0 spiro atoms. The lowest BCUT2D eigenvalue weighted by Crippen LogP contribution is -2.64. The summed E-state index contributed by atoms with van der Waals surface area (Å²) in [7, 11) is -5.01. The molecule has 0 aromatic carbocycles. The van der Waals surface area contributed by atoms with Crippen LogP contribution >= 0.6 is 7.82 Å². The molecular weight excluding hydrogens is 703 g/mol. The van der Waals surface area contributed by atoms with Gasteiger partial charge in [0.1, 0.15) is 42.7 Å². The first-order valence-electron chi connectivity index (χ1n) is 21.0. The lowest BCUT2D eigenvalue weighted by molar-refractivity contribution is -0.220. The number of allylic oxidation sites excluding steroid dienone is 2. The van der Waals surface area contributed by atoms with Gasteiger partial charge in [-0.05, 0) is 38.5 Å². The molecule has 0 heterocycles.